The first kappa shape index (κ1) is 17.3. The number of likely N-dealkylation sites (tertiary alicyclic amines) is 1. The fraction of sp³-hybridized carbons (Fsp3) is 0.158. The lowest BCUT2D eigenvalue weighted by Gasteiger charge is -2.14. The van der Waals surface area contributed by atoms with E-state index in [4.69, 9.17) is 5.84 Å². The van der Waals surface area contributed by atoms with Crippen LogP contribution in [0.4, 0.5) is 0 Å². The summed E-state index contributed by atoms with van der Waals surface area (Å²) in [4.78, 5) is 38.6. The number of carbonyl (C=O) groups excluding carboxylic acids is 3. The number of nitrogens with zero attached hydrogens (tertiary/aromatic N) is 2. The van der Waals surface area contributed by atoms with E-state index in [9.17, 15) is 14.4 Å². The molecule has 7 nitrogen and oxygen atoms in total. The van der Waals surface area contributed by atoms with E-state index in [-0.39, 0.29) is 18.8 Å². The molecule has 1 heterocycles. The van der Waals surface area contributed by atoms with Crippen LogP contribution in [0.15, 0.2) is 65.8 Å². The Balaban J connectivity index is 1.74. The number of benzene rings is 2. The van der Waals surface area contributed by atoms with Crippen molar-refractivity contribution in [2.45, 2.75) is 13.1 Å². The van der Waals surface area contributed by atoms with Crippen molar-refractivity contribution in [2.24, 2.45) is 16.9 Å². The van der Waals surface area contributed by atoms with E-state index < -0.39 is 23.6 Å². The van der Waals surface area contributed by atoms with Gasteiger partial charge < -0.3 is 11.2 Å². The Morgan fingerprint density at radius 2 is 1.58 bits per heavy atom. The molecule has 1 atom stereocenters. The van der Waals surface area contributed by atoms with E-state index in [1.807, 2.05) is 48.5 Å². The number of nitrogens with two attached hydrogens (primary N) is 1. The summed E-state index contributed by atoms with van der Waals surface area (Å²) in [6, 6.07) is 18.3. The molecular weight excluding hydrogens is 332 g/mol. The number of imide groups is 1. The molecule has 1 fully saturated rings. The Hall–Kier alpha value is -3.48. The Labute approximate surface area is 150 Å². The maximum absolute atomic E-state index is 12.7. The molecule has 3 amide bonds. The van der Waals surface area contributed by atoms with E-state index in [2.05, 4.69) is 10.4 Å². The Morgan fingerprint density at radius 3 is 2.15 bits per heavy atom. The van der Waals surface area contributed by atoms with Gasteiger partial charge in [0.2, 0.25) is 11.8 Å². The lowest BCUT2D eigenvalue weighted by molar-refractivity contribution is -0.141. The van der Waals surface area contributed by atoms with Crippen LogP contribution in [0, 0.1) is 5.92 Å². The smallest absolute Gasteiger partial charge is 0.278 e. The van der Waals surface area contributed by atoms with Gasteiger partial charge in [-0.25, -0.2) is 0 Å². The van der Waals surface area contributed by atoms with Gasteiger partial charge in [0.25, 0.3) is 5.91 Å². The highest BCUT2D eigenvalue weighted by atomic mass is 16.2. The van der Waals surface area contributed by atoms with Crippen LogP contribution in [0.3, 0.4) is 0 Å². The molecule has 0 radical (unpaired) electrons. The molecule has 3 rings (SSSR count). The van der Waals surface area contributed by atoms with Gasteiger partial charge in [0.05, 0.1) is 6.54 Å². The van der Waals surface area contributed by atoms with Gasteiger partial charge in [-0.05, 0) is 11.1 Å². The lowest BCUT2D eigenvalue weighted by Crippen LogP contribution is -2.38. The van der Waals surface area contributed by atoms with Gasteiger partial charge in [-0.15, -0.1) is 0 Å². The average molecular weight is 350 g/mol. The van der Waals surface area contributed by atoms with E-state index in [0.717, 1.165) is 16.0 Å². The number of nitrogens with one attached hydrogen (secondary N) is 1. The Morgan fingerprint density at radius 1 is 1.00 bits per heavy atom. The van der Waals surface area contributed by atoms with Crippen molar-refractivity contribution >= 4 is 23.4 Å². The van der Waals surface area contributed by atoms with E-state index in [1.54, 1.807) is 12.1 Å². The second-order valence-electron chi connectivity index (χ2n) is 5.87. The van der Waals surface area contributed by atoms with Crippen LogP contribution >= 0.6 is 0 Å². The minimum absolute atomic E-state index is 0.0694. The van der Waals surface area contributed by atoms with E-state index in [1.165, 1.54) is 0 Å². The summed E-state index contributed by atoms with van der Waals surface area (Å²) in [5.74, 6) is 2.12. The first-order valence-electron chi connectivity index (χ1n) is 8.11. The molecule has 26 heavy (non-hydrogen) atoms. The fourth-order valence-corrected chi connectivity index (χ4v) is 2.80. The van der Waals surface area contributed by atoms with Gasteiger partial charge in [-0.2, -0.15) is 5.10 Å². The zero-order chi connectivity index (χ0) is 18.5. The summed E-state index contributed by atoms with van der Waals surface area (Å²) < 4.78 is 0. The quantitative estimate of drug-likeness (QED) is 0.360. The summed E-state index contributed by atoms with van der Waals surface area (Å²) in [6.45, 7) is 0.314. The molecule has 1 unspecified atom stereocenters. The Kier molecular flexibility index (Phi) is 5.07. The summed E-state index contributed by atoms with van der Waals surface area (Å²) in [6.07, 6.45) is 0. The maximum atomic E-state index is 12.7. The minimum atomic E-state index is -1.32. The van der Waals surface area contributed by atoms with Crippen LogP contribution in [0.25, 0.3) is 0 Å². The average Bonchev–Trinajstić information content (AvgIpc) is 2.92. The summed E-state index contributed by atoms with van der Waals surface area (Å²) in [5, 5.41) is 6.08. The van der Waals surface area contributed by atoms with Crippen LogP contribution in [0.5, 0.6) is 0 Å². The van der Waals surface area contributed by atoms with Crippen LogP contribution in [-0.4, -0.2) is 28.3 Å². The highest BCUT2D eigenvalue weighted by molar-refractivity contribution is 6.54. The molecule has 3 N–H and O–H groups in total. The number of hydrogen-bond donors (Lipinski definition) is 2. The SMILES string of the molecule is N/N=C1/C(=O)N(Cc2ccccc2)C(=O)C1C(=O)NCc1ccccc1. The molecule has 0 spiro atoms. The number of rotatable bonds is 5. The predicted molar refractivity (Wildman–Crippen MR) is 95.4 cm³/mol. The summed E-state index contributed by atoms with van der Waals surface area (Å²) >= 11 is 0. The van der Waals surface area contributed by atoms with E-state index >= 15 is 0 Å². The summed E-state index contributed by atoms with van der Waals surface area (Å²) in [7, 11) is 0. The molecule has 2 aromatic rings. The number of hydrazone groups is 1. The van der Waals surface area contributed by atoms with E-state index in [0.29, 0.717) is 0 Å². The van der Waals surface area contributed by atoms with Gasteiger partial charge in [-0.1, -0.05) is 60.7 Å². The number of hydrogen-bond acceptors (Lipinski definition) is 5. The molecule has 0 saturated carbocycles. The molecule has 2 aromatic carbocycles. The standard InChI is InChI=1S/C19H18N4O3/c20-22-16-15(17(24)21-11-13-7-3-1-4-8-13)18(25)23(19(16)26)12-14-9-5-2-6-10-14/h1-10,15H,11-12,20H2,(H,21,24)/b22-16+. The third-order valence-electron chi connectivity index (χ3n) is 4.15. The highest BCUT2D eigenvalue weighted by Crippen LogP contribution is 2.20. The van der Waals surface area contributed by atoms with Crippen molar-refractivity contribution in [3.05, 3.63) is 71.8 Å². The monoisotopic (exact) mass is 350 g/mol. The van der Waals surface area contributed by atoms with Gasteiger partial charge >= 0.3 is 0 Å². The second-order valence-corrected chi connectivity index (χ2v) is 5.87. The van der Waals surface area contributed by atoms with Crippen molar-refractivity contribution in [3.63, 3.8) is 0 Å². The molecule has 1 aliphatic heterocycles. The largest absolute Gasteiger partial charge is 0.351 e. The third kappa shape index (κ3) is 3.46. The first-order valence-corrected chi connectivity index (χ1v) is 8.11. The highest BCUT2D eigenvalue weighted by Gasteiger charge is 2.48. The van der Waals surface area contributed by atoms with Gasteiger partial charge in [-0.3, -0.25) is 19.3 Å². The molecule has 0 bridgehead atoms. The van der Waals surface area contributed by atoms with Crippen molar-refractivity contribution < 1.29 is 14.4 Å². The molecule has 132 valence electrons. The molecule has 1 saturated heterocycles. The molecule has 0 aromatic heterocycles. The van der Waals surface area contributed by atoms with Crippen LogP contribution in [0.2, 0.25) is 0 Å². The molecular formula is C19H18N4O3. The first-order chi connectivity index (χ1) is 12.6. The zero-order valence-electron chi connectivity index (χ0n) is 14.0. The van der Waals surface area contributed by atoms with Gasteiger partial charge in [0.1, 0.15) is 5.71 Å². The van der Waals surface area contributed by atoms with Crippen molar-refractivity contribution in [1.82, 2.24) is 10.2 Å². The minimum Gasteiger partial charge on any atom is -0.351 e. The van der Waals surface area contributed by atoms with Crippen molar-refractivity contribution in [3.8, 4) is 0 Å². The van der Waals surface area contributed by atoms with Gasteiger partial charge in [0, 0.05) is 6.54 Å². The third-order valence-corrected chi connectivity index (χ3v) is 4.15. The molecule has 7 heteroatoms. The van der Waals surface area contributed by atoms with Crippen molar-refractivity contribution in [2.75, 3.05) is 0 Å². The lowest BCUT2D eigenvalue weighted by atomic mass is 10.0. The fourth-order valence-electron chi connectivity index (χ4n) is 2.80. The predicted octanol–water partition coefficient (Wildman–Crippen LogP) is 0.803. The van der Waals surface area contributed by atoms with Crippen LogP contribution in [-0.2, 0) is 27.5 Å². The van der Waals surface area contributed by atoms with Crippen LogP contribution < -0.4 is 11.2 Å². The summed E-state index contributed by atoms with van der Waals surface area (Å²) in [5.41, 5.74) is 1.41. The normalized spacial score (nSPS) is 18.4. The Bertz CT molecular complexity index is 850. The van der Waals surface area contributed by atoms with Crippen LogP contribution in [0.1, 0.15) is 11.1 Å². The topological polar surface area (TPSA) is 105 Å². The molecule has 0 aliphatic carbocycles. The maximum Gasteiger partial charge on any atom is 0.278 e. The number of carbonyl (C=O) groups is 3. The van der Waals surface area contributed by atoms with Crippen molar-refractivity contribution in [1.29, 1.82) is 0 Å². The van der Waals surface area contributed by atoms with Gasteiger partial charge in [0.15, 0.2) is 5.92 Å². The molecule has 1 aliphatic rings. The number of amides is 3. The zero-order valence-corrected chi connectivity index (χ0v) is 14.0. The second kappa shape index (κ2) is 7.60.